The molecule has 6 heteroatoms. The first kappa shape index (κ1) is 16.4. The van der Waals surface area contributed by atoms with Crippen LogP contribution in [0.25, 0.3) is 0 Å². The number of aryl methyl sites for hydroxylation is 1. The smallest absolute Gasteiger partial charge is 0.271 e. The van der Waals surface area contributed by atoms with Crippen molar-refractivity contribution in [1.82, 2.24) is 15.1 Å². The van der Waals surface area contributed by atoms with E-state index in [2.05, 4.69) is 10.4 Å². The van der Waals surface area contributed by atoms with Gasteiger partial charge in [0.2, 0.25) is 0 Å². The fourth-order valence-electron chi connectivity index (χ4n) is 1.50. The van der Waals surface area contributed by atoms with Crippen molar-refractivity contribution in [2.75, 3.05) is 6.54 Å². The number of amides is 1. The third-order valence-electron chi connectivity index (χ3n) is 3.39. The van der Waals surface area contributed by atoms with E-state index in [4.69, 9.17) is 0 Å². The minimum absolute atomic E-state index is 0.0183. The Hall–Kier alpha value is -1.69. The number of aromatic nitrogens is 2. The predicted molar refractivity (Wildman–Crippen MR) is 76.6 cm³/mol. The molecular formula is C14H23N3O3. The normalized spacial score (nSPS) is 14.1. The number of carbonyl (C=O) groups excluding carboxylic acids is 1. The van der Waals surface area contributed by atoms with Crippen LogP contribution in [0, 0.1) is 5.92 Å². The monoisotopic (exact) mass is 281 g/mol. The standard InChI is InChI=1S/C14H23N3O3/c1-5-8-17-12(18)7-6-11(16-17)13(19)15-9-14(4,20)10(2)3/h6-7,10,20H,5,8-9H2,1-4H3,(H,15,19). The molecule has 0 saturated heterocycles. The summed E-state index contributed by atoms with van der Waals surface area (Å²) in [7, 11) is 0. The van der Waals surface area contributed by atoms with E-state index >= 15 is 0 Å². The van der Waals surface area contributed by atoms with E-state index in [0.29, 0.717) is 6.54 Å². The van der Waals surface area contributed by atoms with Gasteiger partial charge in [0, 0.05) is 19.2 Å². The maximum atomic E-state index is 12.0. The van der Waals surface area contributed by atoms with E-state index < -0.39 is 11.5 Å². The van der Waals surface area contributed by atoms with E-state index in [1.807, 2.05) is 20.8 Å². The summed E-state index contributed by atoms with van der Waals surface area (Å²) in [5.74, 6) is -0.374. The van der Waals surface area contributed by atoms with Crippen LogP contribution in [0.5, 0.6) is 0 Å². The van der Waals surface area contributed by atoms with E-state index in [0.717, 1.165) is 6.42 Å². The number of rotatable bonds is 6. The molecule has 0 fully saturated rings. The van der Waals surface area contributed by atoms with Gasteiger partial charge in [0.05, 0.1) is 5.60 Å². The molecule has 1 rings (SSSR count). The van der Waals surface area contributed by atoms with Crippen molar-refractivity contribution < 1.29 is 9.90 Å². The average molecular weight is 281 g/mol. The van der Waals surface area contributed by atoms with Gasteiger partial charge in [-0.3, -0.25) is 9.59 Å². The van der Waals surface area contributed by atoms with Crippen LogP contribution in [0.1, 0.15) is 44.6 Å². The molecule has 6 nitrogen and oxygen atoms in total. The van der Waals surface area contributed by atoms with E-state index in [1.54, 1.807) is 6.92 Å². The van der Waals surface area contributed by atoms with Crippen LogP contribution >= 0.6 is 0 Å². The summed E-state index contributed by atoms with van der Waals surface area (Å²) in [6.45, 7) is 7.98. The van der Waals surface area contributed by atoms with Crippen molar-refractivity contribution in [3.63, 3.8) is 0 Å². The van der Waals surface area contributed by atoms with Crippen molar-refractivity contribution in [1.29, 1.82) is 0 Å². The zero-order valence-corrected chi connectivity index (χ0v) is 12.5. The number of hydrogen-bond acceptors (Lipinski definition) is 4. The Balaban J connectivity index is 2.78. The van der Waals surface area contributed by atoms with Crippen LogP contribution in [-0.4, -0.2) is 32.9 Å². The summed E-state index contributed by atoms with van der Waals surface area (Å²) in [5.41, 5.74) is -1.02. The first-order chi connectivity index (χ1) is 9.27. The number of aliphatic hydroxyl groups is 1. The Morgan fingerprint density at radius 2 is 2.15 bits per heavy atom. The van der Waals surface area contributed by atoms with E-state index in [-0.39, 0.29) is 23.7 Å². The first-order valence-corrected chi connectivity index (χ1v) is 6.86. The molecule has 0 spiro atoms. The lowest BCUT2D eigenvalue weighted by atomic mass is 9.92. The fourth-order valence-corrected chi connectivity index (χ4v) is 1.50. The van der Waals surface area contributed by atoms with Crippen LogP contribution in [0.2, 0.25) is 0 Å². The predicted octanol–water partition coefficient (Wildman–Crippen LogP) is 0.790. The van der Waals surface area contributed by atoms with Gasteiger partial charge in [0.25, 0.3) is 11.5 Å². The summed E-state index contributed by atoms with van der Waals surface area (Å²) in [5, 5.41) is 16.7. The maximum Gasteiger partial charge on any atom is 0.271 e. The summed E-state index contributed by atoms with van der Waals surface area (Å²) in [6.07, 6.45) is 0.764. The molecule has 1 amide bonds. The fraction of sp³-hybridized carbons (Fsp3) is 0.643. The molecule has 1 atom stereocenters. The van der Waals surface area contributed by atoms with Gasteiger partial charge in [0.15, 0.2) is 0 Å². The van der Waals surface area contributed by atoms with Crippen LogP contribution < -0.4 is 10.9 Å². The molecule has 1 aromatic rings. The van der Waals surface area contributed by atoms with Gasteiger partial charge in [-0.25, -0.2) is 4.68 Å². The lowest BCUT2D eigenvalue weighted by Crippen LogP contribution is -2.44. The second kappa shape index (κ2) is 6.65. The summed E-state index contributed by atoms with van der Waals surface area (Å²) < 4.78 is 1.27. The minimum atomic E-state index is -0.979. The second-order valence-corrected chi connectivity index (χ2v) is 5.47. The van der Waals surface area contributed by atoms with Gasteiger partial charge in [-0.05, 0) is 25.3 Å². The molecule has 0 aromatic carbocycles. The Morgan fingerprint density at radius 1 is 1.50 bits per heavy atom. The number of carbonyl (C=O) groups is 1. The lowest BCUT2D eigenvalue weighted by molar-refractivity contribution is 0.0141. The summed E-state index contributed by atoms with van der Waals surface area (Å²) >= 11 is 0. The maximum absolute atomic E-state index is 12.0. The highest BCUT2D eigenvalue weighted by Crippen LogP contribution is 2.14. The van der Waals surface area contributed by atoms with Crippen molar-refractivity contribution in [3.8, 4) is 0 Å². The van der Waals surface area contributed by atoms with Gasteiger partial charge < -0.3 is 10.4 Å². The molecule has 1 aromatic heterocycles. The third-order valence-corrected chi connectivity index (χ3v) is 3.39. The number of hydrogen-bond donors (Lipinski definition) is 2. The number of nitrogens with zero attached hydrogens (tertiary/aromatic N) is 2. The first-order valence-electron chi connectivity index (χ1n) is 6.86. The van der Waals surface area contributed by atoms with E-state index in [9.17, 15) is 14.7 Å². The lowest BCUT2D eigenvalue weighted by Gasteiger charge is -2.27. The molecule has 2 N–H and O–H groups in total. The average Bonchev–Trinajstić information content (AvgIpc) is 2.38. The van der Waals surface area contributed by atoms with Gasteiger partial charge >= 0.3 is 0 Å². The van der Waals surface area contributed by atoms with Crippen molar-refractivity contribution >= 4 is 5.91 Å². The molecule has 0 aliphatic rings. The second-order valence-electron chi connectivity index (χ2n) is 5.47. The Kier molecular flexibility index (Phi) is 5.44. The molecule has 0 saturated carbocycles. The Morgan fingerprint density at radius 3 is 2.70 bits per heavy atom. The highest BCUT2D eigenvalue weighted by molar-refractivity contribution is 5.92. The molecule has 1 unspecified atom stereocenters. The molecular weight excluding hydrogens is 258 g/mol. The van der Waals surface area contributed by atoms with Gasteiger partial charge in [-0.2, -0.15) is 5.10 Å². The summed E-state index contributed by atoms with van der Waals surface area (Å²) in [4.78, 5) is 23.5. The summed E-state index contributed by atoms with van der Waals surface area (Å²) in [6, 6.07) is 2.73. The molecule has 1 heterocycles. The minimum Gasteiger partial charge on any atom is -0.388 e. The van der Waals surface area contributed by atoms with Crippen LogP contribution in [0.4, 0.5) is 0 Å². The third kappa shape index (κ3) is 4.16. The largest absolute Gasteiger partial charge is 0.388 e. The van der Waals surface area contributed by atoms with Crippen LogP contribution in [-0.2, 0) is 6.54 Å². The molecule has 0 radical (unpaired) electrons. The van der Waals surface area contributed by atoms with Gasteiger partial charge in [0.1, 0.15) is 5.69 Å². The van der Waals surface area contributed by atoms with Crippen molar-refractivity contribution in [2.45, 2.75) is 46.3 Å². The number of nitrogens with one attached hydrogen (secondary N) is 1. The quantitative estimate of drug-likeness (QED) is 0.807. The molecule has 0 bridgehead atoms. The van der Waals surface area contributed by atoms with Gasteiger partial charge in [-0.1, -0.05) is 20.8 Å². The Labute approximate surface area is 118 Å². The Bertz CT molecular complexity index is 521. The molecule has 0 aliphatic carbocycles. The van der Waals surface area contributed by atoms with E-state index in [1.165, 1.54) is 16.8 Å². The van der Waals surface area contributed by atoms with Crippen molar-refractivity contribution in [2.24, 2.45) is 5.92 Å². The topological polar surface area (TPSA) is 84.2 Å². The highest BCUT2D eigenvalue weighted by atomic mass is 16.3. The molecule has 20 heavy (non-hydrogen) atoms. The highest BCUT2D eigenvalue weighted by Gasteiger charge is 2.25. The van der Waals surface area contributed by atoms with Gasteiger partial charge in [-0.15, -0.1) is 0 Å². The molecule has 112 valence electrons. The van der Waals surface area contributed by atoms with Crippen LogP contribution in [0.3, 0.4) is 0 Å². The van der Waals surface area contributed by atoms with Crippen molar-refractivity contribution in [3.05, 3.63) is 28.2 Å². The molecule has 0 aliphatic heterocycles. The van der Waals surface area contributed by atoms with Crippen LogP contribution in [0.15, 0.2) is 16.9 Å². The zero-order chi connectivity index (χ0) is 15.3. The zero-order valence-electron chi connectivity index (χ0n) is 12.5. The SMILES string of the molecule is CCCn1nc(C(=O)NCC(C)(O)C(C)C)ccc1=O.